The Balaban J connectivity index is 2.06. The van der Waals surface area contributed by atoms with Crippen molar-refractivity contribution >= 4 is 33.0 Å². The van der Waals surface area contributed by atoms with Crippen LogP contribution in [0.4, 0.5) is 0 Å². The van der Waals surface area contributed by atoms with Crippen LogP contribution in [0.3, 0.4) is 0 Å². The smallest absolute Gasteiger partial charge is 0.275 e. The first-order valence-electron chi connectivity index (χ1n) is 5.93. The number of fused-ring (bicyclic) bond motifs is 1. The number of rotatable bonds is 1. The molecule has 18 heavy (non-hydrogen) atoms. The lowest BCUT2D eigenvalue weighted by atomic mass is 10.0. The molecule has 0 N–H and O–H groups in total. The van der Waals surface area contributed by atoms with Gasteiger partial charge in [0.05, 0.1) is 32.8 Å². The summed E-state index contributed by atoms with van der Waals surface area (Å²) in [5, 5.41) is 4.94. The van der Waals surface area contributed by atoms with Crippen LogP contribution in [-0.4, -0.2) is 22.5 Å². The van der Waals surface area contributed by atoms with Crippen molar-refractivity contribution < 1.29 is 4.74 Å². The number of nitrogens with zero attached hydrogens (tertiary/aromatic N) is 2. The highest BCUT2D eigenvalue weighted by atomic mass is 35.5. The summed E-state index contributed by atoms with van der Waals surface area (Å²) in [7, 11) is 0. The molecule has 1 saturated heterocycles. The maximum Gasteiger partial charge on any atom is 0.275 e. The Morgan fingerprint density at radius 2 is 2.44 bits per heavy atom. The van der Waals surface area contributed by atoms with E-state index in [-0.39, 0.29) is 17.7 Å². The van der Waals surface area contributed by atoms with E-state index >= 15 is 0 Å². The third-order valence-corrected chi connectivity index (χ3v) is 4.47. The normalized spacial score (nSPS) is 24.6. The Morgan fingerprint density at radius 3 is 3.22 bits per heavy atom. The number of aromatic nitrogens is 2. The van der Waals surface area contributed by atoms with Gasteiger partial charge in [-0.2, -0.15) is 5.10 Å². The monoisotopic (exact) mass is 284 g/mol. The van der Waals surface area contributed by atoms with Crippen LogP contribution in [0.15, 0.2) is 17.1 Å². The Kier molecular flexibility index (Phi) is 3.13. The zero-order valence-electron chi connectivity index (χ0n) is 9.93. The van der Waals surface area contributed by atoms with E-state index in [0.29, 0.717) is 16.3 Å². The largest absolute Gasteiger partial charge is 0.378 e. The van der Waals surface area contributed by atoms with Crippen LogP contribution in [0.2, 0.25) is 4.34 Å². The second-order valence-electron chi connectivity index (χ2n) is 4.58. The van der Waals surface area contributed by atoms with Crippen molar-refractivity contribution in [3.63, 3.8) is 0 Å². The molecular formula is C12H13ClN2O2S. The molecule has 0 aromatic carbocycles. The minimum Gasteiger partial charge on any atom is -0.378 e. The van der Waals surface area contributed by atoms with E-state index in [2.05, 4.69) is 5.10 Å². The highest BCUT2D eigenvalue weighted by Gasteiger charge is 2.23. The van der Waals surface area contributed by atoms with Crippen LogP contribution in [0.5, 0.6) is 0 Å². The fourth-order valence-corrected chi connectivity index (χ4v) is 3.49. The third-order valence-electron chi connectivity index (χ3n) is 3.27. The minimum absolute atomic E-state index is 0.0465. The van der Waals surface area contributed by atoms with Crippen molar-refractivity contribution in [2.75, 3.05) is 6.61 Å². The summed E-state index contributed by atoms with van der Waals surface area (Å²) in [5.41, 5.74) is -0.0465. The second-order valence-corrected chi connectivity index (χ2v) is 6.30. The Morgan fingerprint density at radius 1 is 1.61 bits per heavy atom. The molecule has 2 atom stereocenters. The summed E-state index contributed by atoms with van der Waals surface area (Å²) in [6, 6.07) is 1.86. The summed E-state index contributed by atoms with van der Waals surface area (Å²) in [5.74, 6) is 0. The van der Waals surface area contributed by atoms with E-state index in [1.807, 2.05) is 6.92 Å². The predicted octanol–water partition coefficient (Wildman–Crippen LogP) is 2.85. The molecular weight excluding hydrogens is 272 g/mol. The highest BCUT2D eigenvalue weighted by molar-refractivity contribution is 7.22. The zero-order valence-corrected chi connectivity index (χ0v) is 11.5. The van der Waals surface area contributed by atoms with Gasteiger partial charge in [-0.3, -0.25) is 4.79 Å². The molecule has 3 heterocycles. The van der Waals surface area contributed by atoms with E-state index < -0.39 is 0 Å². The molecule has 1 aliphatic heterocycles. The van der Waals surface area contributed by atoms with Crippen molar-refractivity contribution in [1.29, 1.82) is 0 Å². The third kappa shape index (κ3) is 2.06. The van der Waals surface area contributed by atoms with E-state index in [4.69, 9.17) is 16.3 Å². The van der Waals surface area contributed by atoms with Crippen molar-refractivity contribution in [2.45, 2.75) is 31.9 Å². The van der Waals surface area contributed by atoms with Crippen LogP contribution in [0, 0.1) is 0 Å². The molecule has 3 rings (SSSR count). The van der Waals surface area contributed by atoms with Crippen LogP contribution < -0.4 is 5.56 Å². The highest BCUT2D eigenvalue weighted by Crippen LogP contribution is 2.28. The van der Waals surface area contributed by atoms with Crippen LogP contribution in [0.25, 0.3) is 10.1 Å². The molecule has 0 saturated carbocycles. The van der Waals surface area contributed by atoms with Gasteiger partial charge in [0.15, 0.2) is 0 Å². The summed E-state index contributed by atoms with van der Waals surface area (Å²) in [4.78, 5) is 12.4. The fourth-order valence-electron chi connectivity index (χ4n) is 2.38. The molecule has 0 bridgehead atoms. The zero-order chi connectivity index (χ0) is 12.7. The van der Waals surface area contributed by atoms with E-state index in [9.17, 15) is 4.79 Å². The van der Waals surface area contributed by atoms with Crippen molar-refractivity contribution in [3.8, 4) is 0 Å². The van der Waals surface area contributed by atoms with Gasteiger partial charge in [-0.25, -0.2) is 4.68 Å². The summed E-state index contributed by atoms with van der Waals surface area (Å²) >= 11 is 7.33. The minimum atomic E-state index is -0.0465. The summed E-state index contributed by atoms with van der Waals surface area (Å²) in [6.45, 7) is 2.71. The van der Waals surface area contributed by atoms with Gasteiger partial charge in [-0.15, -0.1) is 11.3 Å². The van der Waals surface area contributed by atoms with E-state index in [1.165, 1.54) is 11.3 Å². The summed E-state index contributed by atoms with van der Waals surface area (Å²) in [6.07, 6.45) is 3.57. The topological polar surface area (TPSA) is 44.1 Å². The van der Waals surface area contributed by atoms with Gasteiger partial charge >= 0.3 is 0 Å². The van der Waals surface area contributed by atoms with Crippen LogP contribution in [0.1, 0.15) is 25.8 Å². The number of hydrogen-bond donors (Lipinski definition) is 0. The van der Waals surface area contributed by atoms with Crippen LogP contribution in [-0.2, 0) is 4.74 Å². The molecule has 2 unspecified atom stereocenters. The first-order chi connectivity index (χ1) is 8.65. The molecule has 4 nitrogen and oxygen atoms in total. The number of thiophene rings is 1. The van der Waals surface area contributed by atoms with Gasteiger partial charge in [-0.05, 0) is 25.8 Å². The Hall–Kier alpha value is -0.910. The maximum absolute atomic E-state index is 12.4. The number of ether oxygens (including phenoxy) is 1. The average Bonchev–Trinajstić information content (AvgIpc) is 2.71. The van der Waals surface area contributed by atoms with Gasteiger partial charge in [-0.1, -0.05) is 11.6 Å². The predicted molar refractivity (Wildman–Crippen MR) is 72.6 cm³/mol. The average molecular weight is 285 g/mol. The number of hydrogen-bond acceptors (Lipinski definition) is 4. The molecule has 0 aliphatic carbocycles. The molecule has 0 radical (unpaired) electrons. The molecule has 1 fully saturated rings. The van der Waals surface area contributed by atoms with E-state index in [1.54, 1.807) is 16.9 Å². The van der Waals surface area contributed by atoms with Gasteiger partial charge in [0.25, 0.3) is 5.56 Å². The molecule has 1 aliphatic rings. The van der Waals surface area contributed by atoms with Gasteiger partial charge < -0.3 is 4.74 Å². The first-order valence-corrected chi connectivity index (χ1v) is 7.13. The van der Waals surface area contributed by atoms with Crippen molar-refractivity contribution in [3.05, 3.63) is 27.0 Å². The molecule has 2 aromatic rings. The lowest BCUT2D eigenvalue weighted by Gasteiger charge is -2.27. The Bertz CT molecular complexity index is 637. The Labute approximate surface area is 113 Å². The number of halogens is 1. The standard InChI is InChI=1S/C12H13ClN2O2S/c1-7-4-8(2-3-17-7)15-12(16)9-5-11(13)18-10(9)6-14-15/h5-8H,2-4H2,1H3. The van der Waals surface area contributed by atoms with Crippen LogP contribution >= 0.6 is 22.9 Å². The van der Waals surface area contributed by atoms with Gasteiger partial charge in [0.2, 0.25) is 0 Å². The first kappa shape index (κ1) is 12.1. The molecule has 2 aromatic heterocycles. The molecule has 0 amide bonds. The molecule has 0 spiro atoms. The van der Waals surface area contributed by atoms with Crippen molar-refractivity contribution in [2.24, 2.45) is 0 Å². The second kappa shape index (κ2) is 4.64. The van der Waals surface area contributed by atoms with Gasteiger partial charge in [0.1, 0.15) is 0 Å². The maximum atomic E-state index is 12.4. The van der Waals surface area contributed by atoms with E-state index in [0.717, 1.165) is 17.5 Å². The fraction of sp³-hybridized carbons (Fsp3) is 0.500. The SMILES string of the molecule is CC1CC(n2ncc3sc(Cl)cc3c2=O)CCO1. The molecule has 96 valence electrons. The lowest BCUT2D eigenvalue weighted by Crippen LogP contribution is -2.33. The van der Waals surface area contributed by atoms with Gasteiger partial charge in [0, 0.05) is 6.61 Å². The quantitative estimate of drug-likeness (QED) is 0.809. The lowest BCUT2D eigenvalue weighted by molar-refractivity contribution is 0.00262. The molecule has 6 heteroatoms. The summed E-state index contributed by atoms with van der Waals surface area (Å²) < 4.78 is 8.56. The van der Waals surface area contributed by atoms with Crippen molar-refractivity contribution in [1.82, 2.24) is 9.78 Å².